The number of rotatable bonds is 4. The SMILES string of the molecule is O=c1oc2ccccc2n1CCSc1ccc(Br)cc1. The zero-order chi connectivity index (χ0) is 13.9. The number of aryl methyl sites for hydroxylation is 1. The van der Waals surface area contributed by atoms with Gasteiger partial charge in [0.2, 0.25) is 0 Å². The van der Waals surface area contributed by atoms with Crippen molar-refractivity contribution in [2.75, 3.05) is 5.75 Å². The molecule has 0 amide bonds. The second-order valence-corrected chi connectivity index (χ2v) is 6.37. The van der Waals surface area contributed by atoms with E-state index in [0.717, 1.165) is 15.7 Å². The van der Waals surface area contributed by atoms with Crippen molar-refractivity contribution in [3.63, 3.8) is 0 Å². The van der Waals surface area contributed by atoms with Crippen LogP contribution >= 0.6 is 27.7 Å². The molecular weight excluding hydrogens is 338 g/mol. The molecule has 0 N–H and O–H groups in total. The number of thioether (sulfide) groups is 1. The molecule has 20 heavy (non-hydrogen) atoms. The first-order valence-electron chi connectivity index (χ1n) is 6.21. The van der Waals surface area contributed by atoms with E-state index in [1.54, 1.807) is 16.3 Å². The summed E-state index contributed by atoms with van der Waals surface area (Å²) in [5, 5.41) is 0. The average molecular weight is 350 g/mol. The lowest BCUT2D eigenvalue weighted by molar-refractivity contribution is 0.514. The van der Waals surface area contributed by atoms with Gasteiger partial charge in [0.15, 0.2) is 5.58 Å². The predicted octanol–water partition coefficient (Wildman–Crippen LogP) is 4.15. The Morgan fingerprint density at radius 1 is 1.10 bits per heavy atom. The molecule has 2 aromatic carbocycles. The number of aromatic nitrogens is 1. The van der Waals surface area contributed by atoms with E-state index in [1.165, 1.54) is 4.90 Å². The molecule has 3 nitrogen and oxygen atoms in total. The summed E-state index contributed by atoms with van der Waals surface area (Å²) in [5.41, 5.74) is 1.50. The molecule has 0 radical (unpaired) electrons. The summed E-state index contributed by atoms with van der Waals surface area (Å²) in [6, 6.07) is 15.7. The van der Waals surface area contributed by atoms with Gasteiger partial charge in [-0.1, -0.05) is 28.1 Å². The Balaban J connectivity index is 1.72. The maximum atomic E-state index is 11.8. The first-order valence-corrected chi connectivity index (χ1v) is 7.98. The van der Waals surface area contributed by atoms with Gasteiger partial charge in [0.1, 0.15) is 0 Å². The number of halogens is 1. The topological polar surface area (TPSA) is 35.1 Å². The Hall–Kier alpha value is -1.46. The van der Waals surface area contributed by atoms with Crippen molar-refractivity contribution in [2.24, 2.45) is 0 Å². The van der Waals surface area contributed by atoms with Crippen LogP contribution in [0.3, 0.4) is 0 Å². The Morgan fingerprint density at radius 2 is 1.85 bits per heavy atom. The molecule has 0 spiro atoms. The molecule has 102 valence electrons. The van der Waals surface area contributed by atoms with Gasteiger partial charge in [0.05, 0.1) is 5.52 Å². The van der Waals surface area contributed by atoms with Gasteiger partial charge in [-0.05, 0) is 36.4 Å². The highest BCUT2D eigenvalue weighted by Crippen LogP contribution is 2.21. The Kier molecular flexibility index (Phi) is 3.98. The number of benzene rings is 2. The molecule has 0 saturated carbocycles. The van der Waals surface area contributed by atoms with E-state index >= 15 is 0 Å². The van der Waals surface area contributed by atoms with E-state index in [0.29, 0.717) is 12.1 Å². The fraction of sp³-hybridized carbons (Fsp3) is 0.133. The molecule has 0 aliphatic carbocycles. The van der Waals surface area contributed by atoms with Crippen LogP contribution in [0.2, 0.25) is 0 Å². The first kappa shape index (κ1) is 13.5. The Morgan fingerprint density at radius 3 is 2.65 bits per heavy atom. The highest BCUT2D eigenvalue weighted by Gasteiger charge is 2.07. The normalized spacial score (nSPS) is 11.1. The summed E-state index contributed by atoms with van der Waals surface area (Å²) < 4.78 is 7.96. The molecule has 0 bridgehead atoms. The Labute approximate surface area is 128 Å². The molecule has 3 rings (SSSR count). The number of fused-ring (bicyclic) bond motifs is 1. The maximum Gasteiger partial charge on any atom is 0.419 e. The van der Waals surface area contributed by atoms with Gasteiger partial charge >= 0.3 is 5.76 Å². The number of oxazole rings is 1. The molecule has 5 heteroatoms. The van der Waals surface area contributed by atoms with Crippen LogP contribution in [0.4, 0.5) is 0 Å². The van der Waals surface area contributed by atoms with Crippen LogP contribution in [0.25, 0.3) is 11.1 Å². The van der Waals surface area contributed by atoms with E-state index in [1.807, 2.05) is 36.4 Å². The fourth-order valence-corrected chi connectivity index (χ4v) is 3.11. The highest BCUT2D eigenvalue weighted by atomic mass is 79.9. The summed E-state index contributed by atoms with van der Waals surface area (Å²) in [6.45, 7) is 0.635. The van der Waals surface area contributed by atoms with Gasteiger partial charge in [0.25, 0.3) is 0 Å². The highest BCUT2D eigenvalue weighted by molar-refractivity contribution is 9.10. The molecule has 0 saturated heterocycles. The molecule has 0 unspecified atom stereocenters. The minimum absolute atomic E-state index is 0.289. The average Bonchev–Trinajstić information content (AvgIpc) is 2.77. The van der Waals surface area contributed by atoms with Gasteiger partial charge < -0.3 is 4.42 Å². The lowest BCUT2D eigenvalue weighted by Gasteiger charge is -2.03. The van der Waals surface area contributed by atoms with Crippen molar-refractivity contribution in [2.45, 2.75) is 11.4 Å². The summed E-state index contributed by atoms with van der Waals surface area (Å²) in [6.07, 6.45) is 0. The van der Waals surface area contributed by atoms with Crippen molar-refractivity contribution in [3.05, 3.63) is 63.6 Å². The lowest BCUT2D eigenvalue weighted by atomic mass is 10.3. The van der Waals surface area contributed by atoms with E-state index < -0.39 is 0 Å². The van der Waals surface area contributed by atoms with Crippen LogP contribution in [0.1, 0.15) is 0 Å². The molecule has 0 atom stereocenters. The van der Waals surface area contributed by atoms with Crippen LogP contribution < -0.4 is 5.76 Å². The summed E-state index contributed by atoms with van der Waals surface area (Å²) in [5.74, 6) is 0.535. The van der Waals surface area contributed by atoms with E-state index in [2.05, 4.69) is 28.1 Å². The standard InChI is InChI=1S/C15H12BrNO2S/c16-11-5-7-12(8-6-11)20-10-9-17-13-3-1-2-4-14(13)19-15(17)18/h1-8H,9-10H2. The second-order valence-electron chi connectivity index (χ2n) is 4.29. The van der Waals surface area contributed by atoms with Crippen molar-refractivity contribution >= 4 is 38.8 Å². The van der Waals surface area contributed by atoms with Crippen molar-refractivity contribution in [1.29, 1.82) is 0 Å². The number of para-hydroxylation sites is 2. The van der Waals surface area contributed by atoms with Crippen molar-refractivity contribution in [1.82, 2.24) is 4.57 Å². The van der Waals surface area contributed by atoms with Gasteiger partial charge in [-0.3, -0.25) is 4.57 Å². The van der Waals surface area contributed by atoms with Crippen LogP contribution in [0.5, 0.6) is 0 Å². The fourth-order valence-electron chi connectivity index (χ4n) is 2.01. The lowest BCUT2D eigenvalue weighted by Crippen LogP contribution is -2.15. The van der Waals surface area contributed by atoms with Crippen LogP contribution in [0.15, 0.2) is 67.1 Å². The monoisotopic (exact) mass is 349 g/mol. The quantitative estimate of drug-likeness (QED) is 0.663. The summed E-state index contributed by atoms with van der Waals surface area (Å²) in [7, 11) is 0. The number of nitrogens with zero attached hydrogens (tertiary/aromatic N) is 1. The van der Waals surface area contributed by atoms with Gasteiger partial charge in [0, 0.05) is 21.7 Å². The van der Waals surface area contributed by atoms with Crippen molar-refractivity contribution < 1.29 is 4.42 Å². The van der Waals surface area contributed by atoms with Crippen LogP contribution in [0, 0.1) is 0 Å². The van der Waals surface area contributed by atoms with Crippen LogP contribution in [-0.4, -0.2) is 10.3 Å². The molecule has 1 aromatic heterocycles. The minimum atomic E-state index is -0.289. The maximum absolute atomic E-state index is 11.8. The minimum Gasteiger partial charge on any atom is -0.408 e. The van der Waals surface area contributed by atoms with E-state index in [9.17, 15) is 4.79 Å². The smallest absolute Gasteiger partial charge is 0.408 e. The third-order valence-electron chi connectivity index (χ3n) is 2.97. The molecule has 1 heterocycles. The summed E-state index contributed by atoms with van der Waals surface area (Å²) in [4.78, 5) is 13.0. The Bertz CT molecular complexity index is 776. The number of hydrogen-bond acceptors (Lipinski definition) is 3. The van der Waals surface area contributed by atoms with Crippen molar-refractivity contribution in [3.8, 4) is 0 Å². The number of hydrogen-bond donors (Lipinski definition) is 0. The zero-order valence-electron chi connectivity index (χ0n) is 10.6. The van der Waals surface area contributed by atoms with Gasteiger partial charge in [-0.15, -0.1) is 11.8 Å². The largest absolute Gasteiger partial charge is 0.419 e. The van der Waals surface area contributed by atoms with E-state index in [-0.39, 0.29) is 5.76 Å². The van der Waals surface area contributed by atoms with Gasteiger partial charge in [-0.2, -0.15) is 0 Å². The second kappa shape index (κ2) is 5.89. The van der Waals surface area contributed by atoms with Crippen LogP contribution in [-0.2, 0) is 6.54 Å². The molecule has 0 aliphatic rings. The predicted molar refractivity (Wildman–Crippen MR) is 85.3 cm³/mol. The third-order valence-corrected chi connectivity index (χ3v) is 4.49. The zero-order valence-corrected chi connectivity index (χ0v) is 13.0. The first-order chi connectivity index (χ1) is 9.74. The van der Waals surface area contributed by atoms with E-state index in [4.69, 9.17) is 4.42 Å². The molecule has 3 aromatic rings. The summed E-state index contributed by atoms with van der Waals surface area (Å²) >= 11 is 5.14. The molecule has 0 aliphatic heterocycles. The third kappa shape index (κ3) is 2.83. The molecular formula is C15H12BrNO2S. The molecule has 0 fully saturated rings. The van der Waals surface area contributed by atoms with Gasteiger partial charge in [-0.25, -0.2) is 4.79 Å².